The first-order valence-corrected chi connectivity index (χ1v) is 7.51. The van der Waals surface area contributed by atoms with Crippen molar-refractivity contribution in [3.63, 3.8) is 0 Å². The normalized spacial score (nSPS) is 27.8. The zero-order chi connectivity index (χ0) is 13.4. The highest BCUT2D eigenvalue weighted by Crippen LogP contribution is 2.27. The lowest BCUT2D eigenvalue weighted by atomic mass is 9.90. The molecule has 0 fully saturated rings. The zero-order valence-corrected chi connectivity index (χ0v) is 12.7. The predicted octanol–water partition coefficient (Wildman–Crippen LogP) is 5.42. The molecule has 0 saturated carbocycles. The molecule has 1 aliphatic carbocycles. The van der Waals surface area contributed by atoms with Gasteiger partial charge in [-0.1, -0.05) is 23.3 Å². The molecule has 0 saturated heterocycles. The van der Waals surface area contributed by atoms with Crippen molar-refractivity contribution in [2.45, 2.75) is 78.2 Å². The lowest BCUT2D eigenvalue weighted by Gasteiger charge is -2.30. The Labute approximate surface area is 113 Å². The van der Waals surface area contributed by atoms with Crippen molar-refractivity contribution >= 4 is 0 Å². The summed E-state index contributed by atoms with van der Waals surface area (Å²) in [5.74, 6) is 0. The Morgan fingerprint density at radius 3 is 2.44 bits per heavy atom. The largest absolute Gasteiger partial charge is 0.376 e. The van der Waals surface area contributed by atoms with E-state index in [4.69, 9.17) is 4.74 Å². The zero-order valence-electron chi connectivity index (χ0n) is 12.7. The van der Waals surface area contributed by atoms with Crippen LogP contribution in [0.2, 0.25) is 0 Å². The van der Waals surface area contributed by atoms with Crippen molar-refractivity contribution in [1.29, 1.82) is 0 Å². The van der Waals surface area contributed by atoms with E-state index in [0.717, 1.165) is 13.0 Å². The predicted molar refractivity (Wildman–Crippen MR) is 79.9 cm³/mol. The molecule has 1 aliphatic rings. The highest BCUT2D eigenvalue weighted by atomic mass is 16.5. The van der Waals surface area contributed by atoms with E-state index in [9.17, 15) is 0 Å². The van der Waals surface area contributed by atoms with Gasteiger partial charge < -0.3 is 4.74 Å². The molecule has 0 aromatic heterocycles. The molecule has 1 rings (SSSR count). The van der Waals surface area contributed by atoms with E-state index in [1.165, 1.54) is 49.7 Å². The Morgan fingerprint density at radius 1 is 1.06 bits per heavy atom. The number of rotatable bonds is 2. The number of allylic oxidation sites excluding steroid dienone is 4. The molecule has 0 spiro atoms. The molecule has 0 radical (unpaired) electrons. The molecular weight excluding hydrogens is 220 g/mol. The summed E-state index contributed by atoms with van der Waals surface area (Å²) in [6, 6.07) is 0. The van der Waals surface area contributed by atoms with Crippen LogP contribution in [0.15, 0.2) is 23.3 Å². The van der Waals surface area contributed by atoms with Crippen molar-refractivity contribution in [1.82, 2.24) is 0 Å². The molecule has 0 aliphatic heterocycles. The molecule has 0 aromatic carbocycles. The van der Waals surface area contributed by atoms with Crippen molar-refractivity contribution in [2.75, 3.05) is 6.61 Å². The van der Waals surface area contributed by atoms with E-state index in [1.54, 1.807) is 0 Å². The van der Waals surface area contributed by atoms with Crippen LogP contribution in [0.4, 0.5) is 0 Å². The first-order valence-electron chi connectivity index (χ1n) is 7.51. The van der Waals surface area contributed by atoms with Gasteiger partial charge >= 0.3 is 0 Å². The van der Waals surface area contributed by atoms with Gasteiger partial charge in [-0.15, -0.1) is 0 Å². The standard InChI is InChI=1S/C17H30O/c1-5-18-17(4)13-7-6-9-15(2)10-8-11-16(3)12-14-17/h9,11H,5-8,10,12-14H2,1-4H3. The topological polar surface area (TPSA) is 9.23 Å². The molecule has 0 bridgehead atoms. The minimum Gasteiger partial charge on any atom is -0.376 e. The highest BCUT2D eigenvalue weighted by molar-refractivity contribution is 5.05. The molecule has 0 heterocycles. The highest BCUT2D eigenvalue weighted by Gasteiger charge is 2.23. The van der Waals surface area contributed by atoms with E-state index in [0.29, 0.717) is 0 Å². The fourth-order valence-corrected chi connectivity index (χ4v) is 2.65. The van der Waals surface area contributed by atoms with Crippen LogP contribution in [-0.4, -0.2) is 12.2 Å². The van der Waals surface area contributed by atoms with Crippen LogP contribution in [0.1, 0.15) is 72.6 Å². The summed E-state index contributed by atoms with van der Waals surface area (Å²) in [6.07, 6.45) is 13.2. The second-order valence-electron chi connectivity index (χ2n) is 5.91. The summed E-state index contributed by atoms with van der Waals surface area (Å²) in [5.41, 5.74) is 3.14. The fraction of sp³-hybridized carbons (Fsp3) is 0.765. The summed E-state index contributed by atoms with van der Waals surface area (Å²) >= 11 is 0. The molecule has 1 heteroatoms. The molecular formula is C17H30O. The maximum Gasteiger partial charge on any atom is 0.0657 e. The van der Waals surface area contributed by atoms with Crippen LogP contribution in [0.3, 0.4) is 0 Å². The third kappa shape index (κ3) is 5.86. The van der Waals surface area contributed by atoms with E-state index < -0.39 is 0 Å². The van der Waals surface area contributed by atoms with Gasteiger partial charge in [-0.05, 0) is 72.6 Å². The Morgan fingerprint density at radius 2 is 1.72 bits per heavy atom. The quantitative estimate of drug-likeness (QED) is 0.595. The van der Waals surface area contributed by atoms with E-state index in [2.05, 4.69) is 39.8 Å². The van der Waals surface area contributed by atoms with Crippen molar-refractivity contribution in [2.24, 2.45) is 0 Å². The first-order chi connectivity index (χ1) is 8.56. The third-order valence-corrected chi connectivity index (χ3v) is 3.97. The number of ether oxygens (including phenoxy) is 1. The Balaban J connectivity index is 2.68. The van der Waals surface area contributed by atoms with E-state index in [1.807, 2.05) is 0 Å². The second kappa shape index (κ2) is 7.78. The second-order valence-corrected chi connectivity index (χ2v) is 5.91. The maximum absolute atomic E-state index is 6.00. The van der Waals surface area contributed by atoms with Gasteiger partial charge in [0, 0.05) is 6.61 Å². The average molecular weight is 250 g/mol. The van der Waals surface area contributed by atoms with Crippen LogP contribution in [-0.2, 0) is 4.74 Å². The van der Waals surface area contributed by atoms with Gasteiger partial charge in [-0.2, -0.15) is 0 Å². The molecule has 1 atom stereocenters. The fourth-order valence-electron chi connectivity index (χ4n) is 2.65. The summed E-state index contributed by atoms with van der Waals surface area (Å²) in [7, 11) is 0. The van der Waals surface area contributed by atoms with Gasteiger partial charge in [0.1, 0.15) is 0 Å². The minimum atomic E-state index is 0.0742. The van der Waals surface area contributed by atoms with Crippen LogP contribution < -0.4 is 0 Å². The molecule has 104 valence electrons. The lowest BCUT2D eigenvalue weighted by Crippen LogP contribution is -2.29. The summed E-state index contributed by atoms with van der Waals surface area (Å²) in [5, 5.41) is 0. The van der Waals surface area contributed by atoms with Crippen LogP contribution >= 0.6 is 0 Å². The smallest absolute Gasteiger partial charge is 0.0657 e. The van der Waals surface area contributed by atoms with Gasteiger partial charge in [0.05, 0.1) is 5.60 Å². The number of hydrogen-bond acceptors (Lipinski definition) is 1. The summed E-state index contributed by atoms with van der Waals surface area (Å²) in [4.78, 5) is 0. The molecule has 1 unspecified atom stereocenters. The van der Waals surface area contributed by atoms with Crippen molar-refractivity contribution in [3.05, 3.63) is 23.3 Å². The Bertz CT molecular complexity index is 301. The summed E-state index contributed by atoms with van der Waals surface area (Å²) in [6.45, 7) is 9.74. The van der Waals surface area contributed by atoms with Crippen LogP contribution in [0.25, 0.3) is 0 Å². The molecule has 1 nitrogen and oxygen atoms in total. The first kappa shape index (κ1) is 15.5. The molecule has 0 aromatic rings. The van der Waals surface area contributed by atoms with Gasteiger partial charge in [-0.3, -0.25) is 0 Å². The average Bonchev–Trinajstić information content (AvgIpc) is 2.32. The molecule has 18 heavy (non-hydrogen) atoms. The third-order valence-electron chi connectivity index (χ3n) is 3.97. The van der Waals surface area contributed by atoms with E-state index in [-0.39, 0.29) is 5.60 Å². The van der Waals surface area contributed by atoms with Crippen LogP contribution in [0, 0.1) is 0 Å². The van der Waals surface area contributed by atoms with Gasteiger partial charge in [0.15, 0.2) is 0 Å². The lowest BCUT2D eigenvalue weighted by molar-refractivity contribution is -0.0379. The van der Waals surface area contributed by atoms with Crippen LogP contribution in [0.5, 0.6) is 0 Å². The molecule has 0 N–H and O–H groups in total. The molecule has 0 amide bonds. The SMILES string of the molecule is CCOC1(C)CCCC=C(C)CCC=C(C)CC1. The minimum absolute atomic E-state index is 0.0742. The monoisotopic (exact) mass is 250 g/mol. The van der Waals surface area contributed by atoms with Crippen molar-refractivity contribution in [3.8, 4) is 0 Å². The Hall–Kier alpha value is -0.560. The van der Waals surface area contributed by atoms with Gasteiger partial charge in [-0.25, -0.2) is 0 Å². The van der Waals surface area contributed by atoms with Gasteiger partial charge in [0.25, 0.3) is 0 Å². The van der Waals surface area contributed by atoms with Crippen molar-refractivity contribution < 1.29 is 4.74 Å². The Kier molecular flexibility index (Phi) is 6.70. The summed E-state index contributed by atoms with van der Waals surface area (Å²) < 4.78 is 6.00. The van der Waals surface area contributed by atoms with E-state index >= 15 is 0 Å². The van der Waals surface area contributed by atoms with Gasteiger partial charge in [0.2, 0.25) is 0 Å². The number of hydrogen-bond donors (Lipinski definition) is 0. The maximum atomic E-state index is 6.00.